The normalized spacial score (nSPS) is 16.4. The van der Waals surface area contributed by atoms with E-state index in [0.717, 1.165) is 34.0 Å². The highest BCUT2D eigenvalue weighted by Crippen LogP contribution is 2.50. The zero-order valence-electron chi connectivity index (χ0n) is 25.8. The van der Waals surface area contributed by atoms with Gasteiger partial charge in [0.25, 0.3) is 0 Å². The van der Waals surface area contributed by atoms with E-state index in [9.17, 15) is 0 Å². The van der Waals surface area contributed by atoms with Crippen LogP contribution in [0.15, 0.2) is 156 Å². The number of aliphatic imine (C=N–C) groups is 2. The van der Waals surface area contributed by atoms with E-state index in [0.29, 0.717) is 0 Å². The highest BCUT2D eigenvalue weighted by Gasteiger charge is 2.36. The van der Waals surface area contributed by atoms with E-state index in [1.165, 1.54) is 44.1 Å². The summed E-state index contributed by atoms with van der Waals surface area (Å²) < 4.78 is 2.41. The fourth-order valence-corrected chi connectivity index (χ4v) is 7.35. The van der Waals surface area contributed by atoms with Gasteiger partial charge in [-0.3, -0.25) is 0 Å². The van der Waals surface area contributed by atoms with Crippen molar-refractivity contribution in [3.63, 3.8) is 0 Å². The lowest BCUT2D eigenvalue weighted by molar-refractivity contribution is 0.661. The molecule has 4 heteroatoms. The van der Waals surface area contributed by atoms with E-state index in [1.54, 1.807) is 0 Å². The summed E-state index contributed by atoms with van der Waals surface area (Å²) in [5.74, 6) is 1.63. The molecular formula is C42H32N4. The topological polar surface area (TPSA) is 41.7 Å². The number of benzene rings is 6. The highest BCUT2D eigenvalue weighted by atomic mass is 15.2. The Kier molecular flexibility index (Phi) is 5.88. The number of para-hydroxylation sites is 1. The molecule has 0 fully saturated rings. The smallest absolute Gasteiger partial charge is 0.169 e. The van der Waals surface area contributed by atoms with Crippen molar-refractivity contribution < 1.29 is 0 Å². The minimum absolute atomic E-state index is 0.0797. The Bertz CT molecular complexity index is 2360. The van der Waals surface area contributed by atoms with Crippen LogP contribution >= 0.6 is 0 Å². The van der Waals surface area contributed by atoms with Gasteiger partial charge in [0.15, 0.2) is 6.17 Å². The predicted molar refractivity (Wildman–Crippen MR) is 190 cm³/mol. The lowest BCUT2D eigenvalue weighted by atomic mass is 9.82. The number of hydrogen-bond donors (Lipinski definition) is 1. The van der Waals surface area contributed by atoms with E-state index >= 15 is 0 Å². The maximum atomic E-state index is 5.14. The Labute approximate surface area is 268 Å². The Morgan fingerprint density at radius 2 is 1.22 bits per heavy atom. The molecule has 6 aromatic carbocycles. The lowest BCUT2D eigenvalue weighted by Crippen LogP contribution is -2.36. The Morgan fingerprint density at radius 3 is 2.04 bits per heavy atom. The van der Waals surface area contributed by atoms with Crippen LogP contribution in [0.4, 0.5) is 0 Å². The van der Waals surface area contributed by atoms with Gasteiger partial charge in [-0.2, -0.15) is 0 Å². The summed E-state index contributed by atoms with van der Waals surface area (Å²) in [5, 5.41) is 6.10. The largest absolute Gasteiger partial charge is 0.324 e. The summed E-state index contributed by atoms with van der Waals surface area (Å²) in [4.78, 5) is 10.2. The van der Waals surface area contributed by atoms with Crippen LogP contribution in [0.2, 0.25) is 0 Å². The molecule has 0 spiro atoms. The monoisotopic (exact) mass is 592 g/mol. The molecule has 1 unspecified atom stereocenters. The van der Waals surface area contributed by atoms with Gasteiger partial charge in [0.2, 0.25) is 0 Å². The van der Waals surface area contributed by atoms with E-state index in [-0.39, 0.29) is 11.6 Å². The van der Waals surface area contributed by atoms with E-state index in [4.69, 9.17) is 9.98 Å². The van der Waals surface area contributed by atoms with Crippen molar-refractivity contribution in [1.29, 1.82) is 0 Å². The molecule has 0 saturated carbocycles. The van der Waals surface area contributed by atoms with Crippen molar-refractivity contribution in [3.05, 3.63) is 173 Å². The second-order valence-corrected chi connectivity index (χ2v) is 12.7. The van der Waals surface area contributed by atoms with Crippen molar-refractivity contribution in [1.82, 2.24) is 9.88 Å². The van der Waals surface area contributed by atoms with Crippen molar-refractivity contribution in [2.75, 3.05) is 0 Å². The summed E-state index contributed by atoms with van der Waals surface area (Å²) in [7, 11) is 0. The molecule has 1 atom stereocenters. The Morgan fingerprint density at radius 1 is 0.543 bits per heavy atom. The molecule has 220 valence electrons. The van der Waals surface area contributed by atoms with Gasteiger partial charge in [-0.15, -0.1) is 0 Å². The molecule has 4 nitrogen and oxygen atoms in total. The Hall–Kier alpha value is -5.74. The van der Waals surface area contributed by atoms with Gasteiger partial charge < -0.3 is 9.88 Å². The molecule has 0 amide bonds. The summed E-state index contributed by atoms with van der Waals surface area (Å²) >= 11 is 0. The van der Waals surface area contributed by atoms with E-state index < -0.39 is 0 Å². The number of rotatable bonds is 4. The summed E-state index contributed by atoms with van der Waals surface area (Å²) in [6, 6.07) is 51.8. The molecule has 7 aromatic rings. The van der Waals surface area contributed by atoms with Crippen LogP contribution in [0.25, 0.3) is 38.6 Å². The number of amidine groups is 2. The van der Waals surface area contributed by atoms with E-state index in [2.05, 4.69) is 133 Å². The predicted octanol–water partition coefficient (Wildman–Crippen LogP) is 9.59. The van der Waals surface area contributed by atoms with Gasteiger partial charge in [0.05, 0.1) is 11.0 Å². The first-order valence-electron chi connectivity index (χ1n) is 15.9. The molecular weight excluding hydrogens is 560 g/mol. The Balaban J connectivity index is 1.22. The maximum absolute atomic E-state index is 5.14. The molecule has 1 aliphatic carbocycles. The van der Waals surface area contributed by atoms with Gasteiger partial charge >= 0.3 is 0 Å². The SMILES string of the molecule is CC1(C)c2ccccc2-c2cc3c4ccccc4n(-c4cccc(C5=NC(c6ccccc6)N=C(c6ccccc6)N5)c4)c3cc21. The minimum atomic E-state index is -0.337. The first-order chi connectivity index (χ1) is 22.6. The first-order valence-corrected chi connectivity index (χ1v) is 15.9. The van der Waals surface area contributed by atoms with Gasteiger partial charge in [0, 0.05) is 33.0 Å². The molecule has 0 radical (unpaired) electrons. The third-order valence-corrected chi connectivity index (χ3v) is 9.64. The van der Waals surface area contributed by atoms with Crippen LogP contribution in [-0.4, -0.2) is 16.2 Å². The molecule has 46 heavy (non-hydrogen) atoms. The van der Waals surface area contributed by atoms with Crippen LogP contribution in [0.5, 0.6) is 0 Å². The second kappa shape index (κ2) is 10.1. The first kappa shape index (κ1) is 26.6. The summed E-state index contributed by atoms with van der Waals surface area (Å²) in [5.41, 5.74) is 12.0. The molecule has 1 aliphatic heterocycles. The second-order valence-electron chi connectivity index (χ2n) is 12.7. The molecule has 1 N–H and O–H groups in total. The van der Waals surface area contributed by atoms with Crippen LogP contribution in [-0.2, 0) is 5.41 Å². The maximum Gasteiger partial charge on any atom is 0.169 e. The third kappa shape index (κ3) is 4.07. The lowest BCUT2D eigenvalue weighted by Gasteiger charge is -2.23. The van der Waals surface area contributed by atoms with Crippen molar-refractivity contribution in [2.45, 2.75) is 25.4 Å². The van der Waals surface area contributed by atoms with Crippen LogP contribution in [0.1, 0.15) is 47.8 Å². The molecule has 2 heterocycles. The highest BCUT2D eigenvalue weighted by molar-refractivity contribution is 6.16. The number of nitrogens with zero attached hydrogens (tertiary/aromatic N) is 3. The van der Waals surface area contributed by atoms with E-state index in [1.807, 2.05) is 36.4 Å². The average Bonchev–Trinajstić information content (AvgIpc) is 3.56. The zero-order valence-corrected chi connectivity index (χ0v) is 25.8. The standard InChI is InChI=1S/C42H32N4/c1-42(2)35-22-11-9-20-31(35)33-25-34-32-21-10-12-23-37(32)46(38(34)26-36(33)42)30-19-13-18-29(24-30)41-44-39(27-14-5-3-6-15-27)43-40(45-41)28-16-7-4-8-17-28/h3-26,39H,1-2H3,(H,43,44,45). The van der Waals surface area contributed by atoms with Crippen LogP contribution in [0, 0.1) is 0 Å². The minimum Gasteiger partial charge on any atom is -0.324 e. The molecule has 0 saturated heterocycles. The van der Waals surface area contributed by atoms with Crippen molar-refractivity contribution in [3.8, 4) is 16.8 Å². The number of fused-ring (bicyclic) bond motifs is 6. The third-order valence-electron chi connectivity index (χ3n) is 9.64. The molecule has 9 rings (SSSR count). The van der Waals surface area contributed by atoms with Gasteiger partial charge in [-0.1, -0.05) is 129 Å². The summed E-state index contributed by atoms with van der Waals surface area (Å²) in [6.07, 6.45) is -0.337. The number of aromatic nitrogens is 1. The van der Waals surface area contributed by atoms with Crippen LogP contribution < -0.4 is 5.32 Å². The number of nitrogens with one attached hydrogen (secondary N) is 1. The molecule has 0 bridgehead atoms. The fraction of sp³-hybridized carbons (Fsp3) is 0.0952. The van der Waals surface area contributed by atoms with Crippen molar-refractivity contribution in [2.24, 2.45) is 9.98 Å². The zero-order chi connectivity index (χ0) is 30.8. The fourth-order valence-electron chi connectivity index (χ4n) is 7.35. The quantitative estimate of drug-likeness (QED) is 0.217. The average molecular weight is 593 g/mol. The van der Waals surface area contributed by atoms with Gasteiger partial charge in [0.1, 0.15) is 11.7 Å². The van der Waals surface area contributed by atoms with Crippen molar-refractivity contribution >= 4 is 33.5 Å². The van der Waals surface area contributed by atoms with Crippen LogP contribution in [0.3, 0.4) is 0 Å². The summed E-state index contributed by atoms with van der Waals surface area (Å²) in [6.45, 7) is 4.69. The molecule has 1 aromatic heterocycles. The van der Waals surface area contributed by atoms with Gasteiger partial charge in [-0.25, -0.2) is 9.98 Å². The van der Waals surface area contributed by atoms with Gasteiger partial charge in [-0.05, 0) is 58.1 Å². The number of hydrogen-bond acceptors (Lipinski definition) is 3. The molecule has 2 aliphatic rings.